The fourth-order valence-electron chi connectivity index (χ4n) is 3.25. The van der Waals surface area contributed by atoms with Crippen LogP contribution in [0.5, 0.6) is 5.75 Å². The molecule has 148 valence electrons. The van der Waals surface area contributed by atoms with E-state index in [1.54, 1.807) is 6.07 Å². The van der Waals surface area contributed by atoms with Crippen molar-refractivity contribution in [2.24, 2.45) is 0 Å². The first-order valence-corrected chi connectivity index (χ1v) is 9.76. The van der Waals surface area contributed by atoms with Crippen molar-refractivity contribution in [2.45, 2.75) is 45.6 Å². The molecule has 1 aliphatic rings. The van der Waals surface area contributed by atoms with Crippen LogP contribution in [0.4, 0.5) is 5.69 Å². The first-order valence-electron chi connectivity index (χ1n) is 9.76. The summed E-state index contributed by atoms with van der Waals surface area (Å²) in [6.45, 7) is 5.18. The molecule has 0 aliphatic carbocycles. The number of carbonyl (C=O) groups excluding carboxylic acids is 2. The summed E-state index contributed by atoms with van der Waals surface area (Å²) in [7, 11) is 0. The number of Topliss-reactive ketones (excluding diaryl/α,β-unsaturated/α-hetero) is 1. The standard InChI is InChI=1S/C23H27NO4/c1-16-8-9-17(2)21(13-16)22(25)10-11-23(26)24-18-5-3-6-19(14-18)28-15-20-7-4-12-27-20/h3,5-6,8-9,13-14,20H,4,7,10-12,15H2,1-2H3,(H,24,26). The molecule has 2 aromatic carbocycles. The number of carbonyl (C=O) groups is 2. The van der Waals surface area contributed by atoms with E-state index in [0.717, 1.165) is 30.6 Å². The van der Waals surface area contributed by atoms with Gasteiger partial charge in [-0.05, 0) is 50.5 Å². The summed E-state index contributed by atoms with van der Waals surface area (Å²) in [6, 6.07) is 13.1. The minimum absolute atomic E-state index is 0.00926. The number of ketones is 1. The van der Waals surface area contributed by atoms with Crippen LogP contribution >= 0.6 is 0 Å². The molecule has 1 atom stereocenters. The molecule has 1 aliphatic heterocycles. The van der Waals surface area contributed by atoms with Crippen LogP contribution in [-0.2, 0) is 9.53 Å². The van der Waals surface area contributed by atoms with Gasteiger partial charge in [-0.1, -0.05) is 23.8 Å². The summed E-state index contributed by atoms with van der Waals surface area (Å²) in [5.74, 6) is 0.500. The third kappa shape index (κ3) is 5.67. The van der Waals surface area contributed by atoms with E-state index in [1.807, 2.05) is 50.2 Å². The maximum absolute atomic E-state index is 12.4. The number of benzene rings is 2. The highest BCUT2D eigenvalue weighted by molar-refractivity contribution is 6.01. The van der Waals surface area contributed by atoms with E-state index in [2.05, 4.69) is 5.32 Å². The fraction of sp³-hybridized carbons (Fsp3) is 0.391. The molecule has 1 saturated heterocycles. The van der Waals surface area contributed by atoms with Crippen LogP contribution in [0, 0.1) is 13.8 Å². The number of nitrogens with one attached hydrogen (secondary N) is 1. The second kappa shape index (κ2) is 9.51. The highest BCUT2D eigenvalue weighted by Crippen LogP contribution is 2.20. The summed E-state index contributed by atoms with van der Waals surface area (Å²) < 4.78 is 11.3. The van der Waals surface area contributed by atoms with Gasteiger partial charge in [-0.3, -0.25) is 9.59 Å². The molecule has 0 bridgehead atoms. The van der Waals surface area contributed by atoms with Gasteiger partial charge in [-0.2, -0.15) is 0 Å². The van der Waals surface area contributed by atoms with Crippen LogP contribution in [0.25, 0.3) is 0 Å². The Morgan fingerprint density at radius 3 is 2.79 bits per heavy atom. The number of rotatable bonds is 8. The van der Waals surface area contributed by atoms with Crippen molar-refractivity contribution in [3.8, 4) is 5.75 Å². The largest absolute Gasteiger partial charge is 0.491 e. The molecule has 0 spiro atoms. The van der Waals surface area contributed by atoms with Crippen molar-refractivity contribution in [1.29, 1.82) is 0 Å². The van der Waals surface area contributed by atoms with E-state index in [4.69, 9.17) is 9.47 Å². The lowest BCUT2D eigenvalue weighted by Crippen LogP contribution is -2.16. The van der Waals surface area contributed by atoms with Gasteiger partial charge in [-0.25, -0.2) is 0 Å². The smallest absolute Gasteiger partial charge is 0.224 e. The zero-order valence-electron chi connectivity index (χ0n) is 16.5. The average Bonchev–Trinajstić information content (AvgIpc) is 3.20. The molecule has 0 radical (unpaired) electrons. The molecular weight excluding hydrogens is 354 g/mol. The third-order valence-corrected chi connectivity index (χ3v) is 4.85. The Bertz CT molecular complexity index is 840. The van der Waals surface area contributed by atoms with Crippen molar-refractivity contribution < 1.29 is 19.1 Å². The van der Waals surface area contributed by atoms with Gasteiger partial charge in [-0.15, -0.1) is 0 Å². The summed E-state index contributed by atoms with van der Waals surface area (Å²) in [5, 5.41) is 2.84. The Balaban J connectivity index is 1.49. The van der Waals surface area contributed by atoms with Gasteiger partial charge in [0.1, 0.15) is 12.4 Å². The highest BCUT2D eigenvalue weighted by atomic mass is 16.5. The van der Waals surface area contributed by atoms with E-state index in [9.17, 15) is 9.59 Å². The lowest BCUT2D eigenvalue weighted by molar-refractivity contribution is -0.116. The van der Waals surface area contributed by atoms with Gasteiger partial charge < -0.3 is 14.8 Å². The van der Waals surface area contributed by atoms with Gasteiger partial charge in [0.15, 0.2) is 5.78 Å². The number of hydrogen-bond acceptors (Lipinski definition) is 4. The molecule has 1 unspecified atom stereocenters. The topological polar surface area (TPSA) is 64.6 Å². The Hall–Kier alpha value is -2.66. The third-order valence-electron chi connectivity index (χ3n) is 4.85. The minimum Gasteiger partial charge on any atom is -0.491 e. The first-order chi connectivity index (χ1) is 13.5. The molecule has 1 fully saturated rings. The van der Waals surface area contributed by atoms with E-state index >= 15 is 0 Å². The summed E-state index contributed by atoms with van der Waals surface area (Å²) in [5.41, 5.74) is 3.33. The highest BCUT2D eigenvalue weighted by Gasteiger charge is 2.16. The van der Waals surface area contributed by atoms with Crippen LogP contribution in [0.15, 0.2) is 42.5 Å². The molecule has 0 aromatic heterocycles. The summed E-state index contributed by atoms with van der Waals surface area (Å²) in [4.78, 5) is 24.7. The quantitative estimate of drug-likeness (QED) is 0.686. The van der Waals surface area contributed by atoms with Gasteiger partial charge in [0.25, 0.3) is 0 Å². The summed E-state index contributed by atoms with van der Waals surface area (Å²) >= 11 is 0. The normalized spacial score (nSPS) is 16.0. The Labute approximate surface area is 166 Å². The fourth-order valence-corrected chi connectivity index (χ4v) is 3.25. The molecular formula is C23H27NO4. The lowest BCUT2D eigenvalue weighted by atomic mass is 9.99. The van der Waals surface area contributed by atoms with Crippen molar-refractivity contribution in [3.05, 3.63) is 59.2 Å². The van der Waals surface area contributed by atoms with Crippen molar-refractivity contribution in [2.75, 3.05) is 18.5 Å². The molecule has 2 aromatic rings. The van der Waals surface area contributed by atoms with Crippen LogP contribution in [0.3, 0.4) is 0 Å². The first kappa shape index (κ1) is 20.1. The van der Waals surface area contributed by atoms with Crippen molar-refractivity contribution >= 4 is 17.4 Å². The van der Waals surface area contributed by atoms with Crippen LogP contribution in [-0.4, -0.2) is 31.0 Å². The zero-order valence-corrected chi connectivity index (χ0v) is 16.5. The molecule has 28 heavy (non-hydrogen) atoms. The number of aryl methyl sites for hydroxylation is 2. The number of hydrogen-bond donors (Lipinski definition) is 1. The maximum atomic E-state index is 12.4. The van der Waals surface area contributed by atoms with E-state index in [1.165, 1.54) is 0 Å². The van der Waals surface area contributed by atoms with Gasteiger partial charge in [0.2, 0.25) is 5.91 Å². The zero-order chi connectivity index (χ0) is 19.9. The van der Waals surface area contributed by atoms with Crippen LogP contribution in [0.1, 0.15) is 47.2 Å². The number of ether oxygens (including phenoxy) is 2. The molecule has 1 amide bonds. The van der Waals surface area contributed by atoms with Gasteiger partial charge in [0, 0.05) is 36.8 Å². The van der Waals surface area contributed by atoms with Crippen molar-refractivity contribution in [3.63, 3.8) is 0 Å². The Kier molecular flexibility index (Phi) is 6.82. The molecule has 0 saturated carbocycles. The van der Waals surface area contributed by atoms with Crippen molar-refractivity contribution in [1.82, 2.24) is 0 Å². The second-order valence-corrected chi connectivity index (χ2v) is 7.26. The maximum Gasteiger partial charge on any atom is 0.224 e. The number of amides is 1. The van der Waals surface area contributed by atoms with Gasteiger partial charge >= 0.3 is 0 Å². The SMILES string of the molecule is Cc1ccc(C)c(C(=O)CCC(=O)Nc2cccc(OCC3CCCO3)c2)c1. The predicted octanol–water partition coefficient (Wildman–Crippen LogP) is 4.46. The molecule has 5 heteroatoms. The molecule has 1 heterocycles. The van der Waals surface area contributed by atoms with Gasteiger partial charge in [0.05, 0.1) is 6.10 Å². The average molecular weight is 381 g/mol. The molecule has 3 rings (SSSR count). The summed E-state index contributed by atoms with van der Waals surface area (Å²) in [6.07, 6.45) is 2.57. The Morgan fingerprint density at radius 2 is 2.00 bits per heavy atom. The minimum atomic E-state index is -0.185. The lowest BCUT2D eigenvalue weighted by Gasteiger charge is -2.12. The Morgan fingerprint density at radius 1 is 1.14 bits per heavy atom. The molecule has 1 N–H and O–H groups in total. The van der Waals surface area contributed by atoms with E-state index < -0.39 is 0 Å². The molecule has 5 nitrogen and oxygen atoms in total. The van der Waals surface area contributed by atoms with Crippen LogP contribution in [0.2, 0.25) is 0 Å². The van der Waals surface area contributed by atoms with Crippen LogP contribution < -0.4 is 10.1 Å². The van der Waals surface area contributed by atoms with E-state index in [-0.39, 0.29) is 30.6 Å². The second-order valence-electron chi connectivity index (χ2n) is 7.26. The monoisotopic (exact) mass is 381 g/mol. The number of anilines is 1. The predicted molar refractivity (Wildman–Crippen MR) is 109 cm³/mol. The van der Waals surface area contributed by atoms with E-state index in [0.29, 0.717) is 23.6 Å².